The summed E-state index contributed by atoms with van der Waals surface area (Å²) in [5.41, 5.74) is 2.37. The van der Waals surface area contributed by atoms with Gasteiger partial charge in [-0.25, -0.2) is 4.98 Å². The van der Waals surface area contributed by atoms with E-state index in [1.54, 1.807) is 7.11 Å². The highest BCUT2D eigenvalue weighted by Gasteiger charge is 2.16. The summed E-state index contributed by atoms with van der Waals surface area (Å²) in [7, 11) is 1.70. The van der Waals surface area contributed by atoms with E-state index in [9.17, 15) is 0 Å². The highest BCUT2D eigenvalue weighted by molar-refractivity contribution is 5.96. The van der Waals surface area contributed by atoms with Crippen molar-refractivity contribution in [3.05, 3.63) is 36.2 Å². The number of ether oxygens (including phenoxy) is 1. The summed E-state index contributed by atoms with van der Waals surface area (Å²) in [6.07, 6.45) is 2.32. The summed E-state index contributed by atoms with van der Waals surface area (Å²) in [6.45, 7) is 1.10. The number of fused-ring (bicyclic) bond motifs is 4. The average Bonchev–Trinajstić information content (AvgIpc) is 2.96. The monoisotopic (exact) mass is 238 g/mol. The summed E-state index contributed by atoms with van der Waals surface area (Å²) in [6, 6.07) is 10.6. The molecule has 2 aromatic carbocycles. The number of hydrogen-bond acceptors (Lipinski definition) is 2. The summed E-state index contributed by atoms with van der Waals surface area (Å²) in [5, 5.41) is 2.44. The molecule has 4 rings (SSSR count). The van der Waals surface area contributed by atoms with Gasteiger partial charge in [0, 0.05) is 13.0 Å². The smallest absolute Gasteiger partial charge is 0.119 e. The molecule has 1 aromatic heterocycles. The molecule has 1 aliphatic rings. The second-order valence-corrected chi connectivity index (χ2v) is 4.84. The molecule has 0 aliphatic carbocycles. The molecular formula is C15H14N2O. The number of imidazole rings is 1. The maximum atomic E-state index is 5.29. The molecule has 90 valence electrons. The van der Waals surface area contributed by atoms with Crippen LogP contribution in [0.2, 0.25) is 0 Å². The van der Waals surface area contributed by atoms with Crippen molar-refractivity contribution < 1.29 is 4.74 Å². The fourth-order valence-corrected chi connectivity index (χ4v) is 2.86. The van der Waals surface area contributed by atoms with Gasteiger partial charge in [-0.05, 0) is 41.5 Å². The molecule has 0 N–H and O–H groups in total. The van der Waals surface area contributed by atoms with Crippen LogP contribution in [0.5, 0.6) is 5.75 Å². The number of methoxy groups -OCH3 is 1. The van der Waals surface area contributed by atoms with Crippen LogP contribution in [0, 0.1) is 0 Å². The Morgan fingerprint density at radius 3 is 3.00 bits per heavy atom. The fourth-order valence-electron chi connectivity index (χ4n) is 2.86. The van der Waals surface area contributed by atoms with Crippen LogP contribution in [0.4, 0.5) is 0 Å². The Morgan fingerprint density at radius 2 is 2.11 bits per heavy atom. The zero-order chi connectivity index (χ0) is 12.1. The Balaban J connectivity index is 2.06. The van der Waals surface area contributed by atoms with E-state index in [1.165, 1.54) is 28.5 Å². The van der Waals surface area contributed by atoms with E-state index in [4.69, 9.17) is 9.72 Å². The molecule has 18 heavy (non-hydrogen) atoms. The van der Waals surface area contributed by atoms with Crippen molar-refractivity contribution in [2.75, 3.05) is 7.11 Å². The van der Waals surface area contributed by atoms with Crippen LogP contribution >= 0.6 is 0 Å². The van der Waals surface area contributed by atoms with Gasteiger partial charge in [0.25, 0.3) is 0 Å². The van der Waals surface area contributed by atoms with E-state index in [2.05, 4.69) is 28.8 Å². The predicted octanol–water partition coefficient (Wildman–Crippen LogP) is 3.14. The minimum atomic E-state index is 0.906. The van der Waals surface area contributed by atoms with Crippen LogP contribution < -0.4 is 4.74 Å². The third kappa shape index (κ3) is 1.27. The first kappa shape index (κ1) is 9.95. The van der Waals surface area contributed by atoms with Crippen molar-refractivity contribution in [1.82, 2.24) is 9.55 Å². The molecule has 2 heterocycles. The largest absolute Gasteiger partial charge is 0.497 e. The first-order valence-electron chi connectivity index (χ1n) is 6.32. The highest BCUT2D eigenvalue weighted by Crippen LogP contribution is 2.29. The molecule has 0 atom stereocenters. The minimum absolute atomic E-state index is 0.906. The third-order valence-electron chi connectivity index (χ3n) is 3.77. The summed E-state index contributed by atoms with van der Waals surface area (Å²) >= 11 is 0. The van der Waals surface area contributed by atoms with Gasteiger partial charge in [-0.15, -0.1) is 0 Å². The van der Waals surface area contributed by atoms with Gasteiger partial charge in [-0.2, -0.15) is 0 Å². The Bertz CT molecular complexity index is 758. The van der Waals surface area contributed by atoms with Gasteiger partial charge in [0.05, 0.1) is 18.1 Å². The molecule has 0 amide bonds. The Kier molecular flexibility index (Phi) is 1.92. The van der Waals surface area contributed by atoms with E-state index in [-0.39, 0.29) is 0 Å². The second kappa shape index (κ2) is 3.48. The second-order valence-electron chi connectivity index (χ2n) is 4.84. The summed E-state index contributed by atoms with van der Waals surface area (Å²) < 4.78 is 7.63. The van der Waals surface area contributed by atoms with E-state index < -0.39 is 0 Å². The van der Waals surface area contributed by atoms with Crippen LogP contribution in [0.3, 0.4) is 0 Å². The molecule has 0 radical (unpaired) electrons. The van der Waals surface area contributed by atoms with E-state index in [0.717, 1.165) is 24.2 Å². The number of benzene rings is 2. The lowest BCUT2D eigenvalue weighted by Crippen LogP contribution is -1.91. The molecule has 0 saturated heterocycles. The van der Waals surface area contributed by atoms with Gasteiger partial charge in [-0.1, -0.05) is 6.07 Å². The van der Waals surface area contributed by atoms with Crippen LogP contribution in [0.15, 0.2) is 30.3 Å². The van der Waals surface area contributed by atoms with Crippen molar-refractivity contribution in [2.24, 2.45) is 0 Å². The SMILES string of the molecule is COc1ccc2cc3nc4n(c3cc2c1)CCC4. The van der Waals surface area contributed by atoms with Gasteiger partial charge in [0.1, 0.15) is 11.6 Å². The Labute approximate surface area is 105 Å². The lowest BCUT2D eigenvalue weighted by molar-refractivity contribution is 0.415. The van der Waals surface area contributed by atoms with Crippen molar-refractivity contribution in [3.63, 3.8) is 0 Å². The van der Waals surface area contributed by atoms with Crippen LogP contribution in [-0.4, -0.2) is 16.7 Å². The summed E-state index contributed by atoms with van der Waals surface area (Å²) in [4.78, 5) is 4.72. The molecule has 0 bridgehead atoms. The van der Waals surface area contributed by atoms with Gasteiger partial charge in [0.15, 0.2) is 0 Å². The van der Waals surface area contributed by atoms with E-state index in [0.29, 0.717) is 0 Å². The van der Waals surface area contributed by atoms with E-state index in [1.807, 2.05) is 6.07 Å². The Morgan fingerprint density at radius 1 is 1.17 bits per heavy atom. The average molecular weight is 238 g/mol. The number of nitrogens with zero attached hydrogens (tertiary/aromatic N) is 2. The standard InChI is InChI=1S/C15H14N2O/c1-18-12-5-4-10-8-13-14(9-11(10)7-12)17-6-2-3-15(17)16-13/h4-5,7-9H,2-3,6H2,1H3. The minimum Gasteiger partial charge on any atom is -0.497 e. The lowest BCUT2D eigenvalue weighted by Gasteiger charge is -2.04. The number of aromatic nitrogens is 2. The number of rotatable bonds is 1. The molecule has 0 spiro atoms. The van der Waals surface area contributed by atoms with Gasteiger partial charge >= 0.3 is 0 Å². The summed E-state index contributed by atoms with van der Waals surface area (Å²) in [5.74, 6) is 2.13. The van der Waals surface area contributed by atoms with Crippen molar-refractivity contribution in [2.45, 2.75) is 19.4 Å². The van der Waals surface area contributed by atoms with Crippen molar-refractivity contribution >= 4 is 21.8 Å². The molecule has 0 fully saturated rings. The third-order valence-corrected chi connectivity index (χ3v) is 3.77. The van der Waals surface area contributed by atoms with Crippen molar-refractivity contribution in [1.29, 1.82) is 0 Å². The first-order valence-corrected chi connectivity index (χ1v) is 6.32. The molecular weight excluding hydrogens is 224 g/mol. The zero-order valence-electron chi connectivity index (χ0n) is 10.3. The van der Waals surface area contributed by atoms with Crippen LogP contribution in [0.25, 0.3) is 21.8 Å². The normalized spacial score (nSPS) is 14.3. The lowest BCUT2D eigenvalue weighted by atomic mass is 10.1. The highest BCUT2D eigenvalue weighted by atomic mass is 16.5. The maximum Gasteiger partial charge on any atom is 0.119 e. The Hall–Kier alpha value is -2.03. The molecule has 0 saturated carbocycles. The quantitative estimate of drug-likeness (QED) is 0.651. The van der Waals surface area contributed by atoms with Crippen molar-refractivity contribution in [3.8, 4) is 5.75 Å². The van der Waals surface area contributed by atoms with Gasteiger partial charge in [-0.3, -0.25) is 0 Å². The number of aryl methyl sites for hydroxylation is 2. The maximum absolute atomic E-state index is 5.29. The van der Waals surface area contributed by atoms with E-state index >= 15 is 0 Å². The topological polar surface area (TPSA) is 27.1 Å². The molecule has 1 aliphatic heterocycles. The molecule has 3 nitrogen and oxygen atoms in total. The van der Waals surface area contributed by atoms with Gasteiger partial charge in [0.2, 0.25) is 0 Å². The fraction of sp³-hybridized carbons (Fsp3) is 0.267. The molecule has 3 aromatic rings. The van der Waals surface area contributed by atoms with Crippen LogP contribution in [0.1, 0.15) is 12.2 Å². The van der Waals surface area contributed by atoms with Gasteiger partial charge < -0.3 is 9.30 Å². The number of hydrogen-bond donors (Lipinski definition) is 0. The zero-order valence-corrected chi connectivity index (χ0v) is 10.3. The molecule has 0 unspecified atom stereocenters. The predicted molar refractivity (Wildman–Crippen MR) is 72.1 cm³/mol. The van der Waals surface area contributed by atoms with Crippen LogP contribution in [-0.2, 0) is 13.0 Å². The first-order chi connectivity index (χ1) is 8.85. The molecule has 3 heteroatoms.